The number of hydrogen-bond acceptors (Lipinski definition) is 4. The molecule has 1 aliphatic rings. The third-order valence-corrected chi connectivity index (χ3v) is 2.79. The fraction of sp³-hybridized carbons (Fsp3) is 0.545. The lowest BCUT2D eigenvalue weighted by Gasteiger charge is -2.15. The molecule has 1 aromatic heterocycles. The lowest BCUT2D eigenvalue weighted by Crippen LogP contribution is -2.29. The molecule has 2 heterocycles. The number of anilines is 1. The molecule has 1 aliphatic heterocycles. The van der Waals surface area contributed by atoms with Crippen LogP contribution in [0, 0.1) is 6.92 Å². The second kappa shape index (κ2) is 4.47. The Bertz CT molecular complexity index is 393. The van der Waals surface area contributed by atoms with Gasteiger partial charge in [0.25, 0.3) is 0 Å². The zero-order valence-corrected chi connectivity index (χ0v) is 9.60. The Balaban J connectivity index is 1.94. The number of nitrogens with zero attached hydrogens (tertiary/aromatic N) is 3. The third-order valence-electron chi connectivity index (χ3n) is 2.79. The van der Waals surface area contributed by atoms with Gasteiger partial charge >= 0.3 is 0 Å². The monoisotopic (exact) mass is 220 g/mol. The predicted octanol–water partition coefficient (Wildman–Crippen LogP) is 0.818. The van der Waals surface area contributed by atoms with Gasteiger partial charge in [-0.1, -0.05) is 0 Å². The third kappa shape index (κ3) is 2.48. The van der Waals surface area contributed by atoms with Gasteiger partial charge in [-0.3, -0.25) is 4.79 Å². The lowest BCUT2D eigenvalue weighted by atomic mass is 10.2. The summed E-state index contributed by atoms with van der Waals surface area (Å²) in [4.78, 5) is 21.2. The fourth-order valence-corrected chi connectivity index (χ4v) is 1.91. The number of amides is 1. The molecule has 5 heteroatoms. The molecule has 1 aromatic rings. The van der Waals surface area contributed by atoms with E-state index in [1.54, 1.807) is 13.3 Å². The van der Waals surface area contributed by atoms with Crippen LogP contribution < -0.4 is 5.32 Å². The van der Waals surface area contributed by atoms with Crippen LogP contribution in [0.25, 0.3) is 0 Å². The van der Waals surface area contributed by atoms with Crippen molar-refractivity contribution in [2.45, 2.75) is 26.3 Å². The minimum atomic E-state index is 0.142. The number of carbonyl (C=O) groups is 1. The molecule has 0 radical (unpaired) electrons. The zero-order valence-electron chi connectivity index (χ0n) is 9.60. The molecular formula is C11H16N4O. The molecule has 0 aromatic carbocycles. The van der Waals surface area contributed by atoms with E-state index in [-0.39, 0.29) is 5.91 Å². The Morgan fingerprint density at radius 3 is 3.00 bits per heavy atom. The first kappa shape index (κ1) is 10.9. The zero-order chi connectivity index (χ0) is 11.5. The highest BCUT2D eigenvalue weighted by Gasteiger charge is 2.23. The van der Waals surface area contributed by atoms with Gasteiger partial charge in [0.2, 0.25) is 5.91 Å². The van der Waals surface area contributed by atoms with E-state index >= 15 is 0 Å². The van der Waals surface area contributed by atoms with E-state index in [4.69, 9.17) is 0 Å². The molecule has 1 atom stereocenters. The van der Waals surface area contributed by atoms with Crippen molar-refractivity contribution >= 4 is 11.7 Å². The van der Waals surface area contributed by atoms with Crippen molar-refractivity contribution < 1.29 is 4.79 Å². The van der Waals surface area contributed by atoms with E-state index in [9.17, 15) is 4.79 Å². The summed E-state index contributed by atoms with van der Waals surface area (Å²) in [6, 6.07) is 2.22. The number of aromatic nitrogens is 2. The molecule has 5 nitrogen and oxygen atoms in total. The number of nitrogens with one attached hydrogen (secondary N) is 1. The maximum atomic E-state index is 11.2. The Morgan fingerprint density at radius 1 is 1.56 bits per heavy atom. The average molecular weight is 220 g/mol. The molecule has 0 saturated carbocycles. The van der Waals surface area contributed by atoms with Crippen LogP contribution in [0.2, 0.25) is 0 Å². The molecule has 1 unspecified atom stereocenters. The van der Waals surface area contributed by atoms with Crippen LogP contribution in [-0.2, 0) is 4.79 Å². The number of carbonyl (C=O) groups excluding carboxylic acids is 1. The first-order valence-electron chi connectivity index (χ1n) is 5.46. The van der Waals surface area contributed by atoms with Crippen LogP contribution in [-0.4, -0.2) is 39.9 Å². The maximum Gasteiger partial charge on any atom is 0.219 e. The highest BCUT2D eigenvalue weighted by atomic mass is 16.2. The lowest BCUT2D eigenvalue weighted by molar-refractivity contribution is -0.127. The molecule has 0 aliphatic carbocycles. The molecule has 86 valence electrons. The van der Waals surface area contributed by atoms with Crippen LogP contribution in [0.5, 0.6) is 0 Å². The van der Waals surface area contributed by atoms with Crippen molar-refractivity contribution in [1.82, 2.24) is 14.9 Å². The minimum absolute atomic E-state index is 0.142. The standard InChI is InChI=1S/C11H16N4O/c1-8-5-11(13-7-12-8)14-10-3-4-15(6-10)9(2)16/h5,7,10H,3-4,6H2,1-2H3,(H,12,13,14). The SMILES string of the molecule is CC(=O)N1CCC(Nc2cc(C)ncn2)C1. The summed E-state index contributed by atoms with van der Waals surface area (Å²) < 4.78 is 0. The Hall–Kier alpha value is -1.65. The highest BCUT2D eigenvalue weighted by molar-refractivity contribution is 5.73. The van der Waals surface area contributed by atoms with Gasteiger partial charge in [0.1, 0.15) is 12.1 Å². The molecule has 0 spiro atoms. The van der Waals surface area contributed by atoms with Crippen molar-refractivity contribution in [2.24, 2.45) is 0 Å². The molecule has 2 rings (SSSR count). The van der Waals surface area contributed by atoms with Gasteiger partial charge in [0.05, 0.1) is 0 Å². The topological polar surface area (TPSA) is 58.1 Å². The second-order valence-corrected chi connectivity index (χ2v) is 4.14. The molecule has 1 saturated heterocycles. The normalized spacial score (nSPS) is 19.9. The predicted molar refractivity (Wildman–Crippen MR) is 61.1 cm³/mol. The van der Waals surface area contributed by atoms with E-state index < -0.39 is 0 Å². The number of hydrogen-bond donors (Lipinski definition) is 1. The maximum absolute atomic E-state index is 11.2. The van der Waals surface area contributed by atoms with Gasteiger partial charge in [0, 0.05) is 37.8 Å². The summed E-state index contributed by atoms with van der Waals surface area (Å²) in [7, 11) is 0. The summed E-state index contributed by atoms with van der Waals surface area (Å²) in [5.74, 6) is 0.978. The van der Waals surface area contributed by atoms with Crippen LogP contribution >= 0.6 is 0 Å². The smallest absolute Gasteiger partial charge is 0.219 e. The van der Waals surface area contributed by atoms with Crippen molar-refractivity contribution in [3.05, 3.63) is 18.1 Å². The van der Waals surface area contributed by atoms with E-state index in [1.165, 1.54) is 0 Å². The molecule has 16 heavy (non-hydrogen) atoms. The van der Waals surface area contributed by atoms with Crippen LogP contribution in [0.4, 0.5) is 5.82 Å². The molecule has 1 amide bonds. The van der Waals surface area contributed by atoms with Gasteiger partial charge in [-0.25, -0.2) is 9.97 Å². The number of aryl methyl sites for hydroxylation is 1. The fourth-order valence-electron chi connectivity index (χ4n) is 1.91. The highest BCUT2D eigenvalue weighted by Crippen LogP contribution is 2.14. The summed E-state index contributed by atoms with van der Waals surface area (Å²) in [5.41, 5.74) is 0.943. The van der Waals surface area contributed by atoms with E-state index in [0.29, 0.717) is 6.04 Å². The summed E-state index contributed by atoms with van der Waals surface area (Å²) in [5, 5.41) is 3.32. The van der Waals surface area contributed by atoms with Crippen LogP contribution in [0.15, 0.2) is 12.4 Å². The Kier molecular flexibility index (Phi) is 3.03. The molecule has 1 fully saturated rings. The van der Waals surface area contributed by atoms with E-state index in [0.717, 1.165) is 31.0 Å². The van der Waals surface area contributed by atoms with Gasteiger partial charge in [-0.15, -0.1) is 0 Å². The minimum Gasteiger partial charge on any atom is -0.365 e. The summed E-state index contributed by atoms with van der Waals surface area (Å²) >= 11 is 0. The average Bonchev–Trinajstić information content (AvgIpc) is 2.66. The Labute approximate surface area is 94.9 Å². The summed E-state index contributed by atoms with van der Waals surface area (Å²) in [6.07, 6.45) is 2.53. The van der Waals surface area contributed by atoms with Gasteiger partial charge in [0.15, 0.2) is 0 Å². The molecular weight excluding hydrogens is 204 g/mol. The van der Waals surface area contributed by atoms with Crippen molar-refractivity contribution in [3.8, 4) is 0 Å². The first-order valence-corrected chi connectivity index (χ1v) is 5.46. The van der Waals surface area contributed by atoms with Crippen LogP contribution in [0.3, 0.4) is 0 Å². The number of likely N-dealkylation sites (tertiary alicyclic amines) is 1. The summed E-state index contributed by atoms with van der Waals surface area (Å²) in [6.45, 7) is 5.13. The van der Waals surface area contributed by atoms with E-state index in [1.807, 2.05) is 17.9 Å². The van der Waals surface area contributed by atoms with Crippen molar-refractivity contribution in [2.75, 3.05) is 18.4 Å². The second-order valence-electron chi connectivity index (χ2n) is 4.14. The Morgan fingerprint density at radius 2 is 2.38 bits per heavy atom. The quantitative estimate of drug-likeness (QED) is 0.801. The van der Waals surface area contributed by atoms with Crippen LogP contribution in [0.1, 0.15) is 19.0 Å². The first-order chi connectivity index (χ1) is 7.65. The number of rotatable bonds is 2. The van der Waals surface area contributed by atoms with Gasteiger partial charge < -0.3 is 10.2 Å². The van der Waals surface area contributed by atoms with Gasteiger partial charge in [-0.05, 0) is 13.3 Å². The van der Waals surface area contributed by atoms with E-state index in [2.05, 4.69) is 15.3 Å². The van der Waals surface area contributed by atoms with Crippen molar-refractivity contribution in [1.29, 1.82) is 0 Å². The van der Waals surface area contributed by atoms with Crippen molar-refractivity contribution in [3.63, 3.8) is 0 Å². The molecule has 0 bridgehead atoms. The largest absolute Gasteiger partial charge is 0.365 e. The van der Waals surface area contributed by atoms with Gasteiger partial charge in [-0.2, -0.15) is 0 Å². The molecule has 1 N–H and O–H groups in total.